The third-order valence-electron chi connectivity index (χ3n) is 5.38. The summed E-state index contributed by atoms with van der Waals surface area (Å²) >= 11 is 0. The Morgan fingerprint density at radius 1 is 0.933 bits per heavy atom. The van der Waals surface area contributed by atoms with Gasteiger partial charge in [-0.1, -0.05) is 12.1 Å². The van der Waals surface area contributed by atoms with Gasteiger partial charge < -0.3 is 25.5 Å². The molecule has 2 rings (SSSR count). The molecule has 0 bridgehead atoms. The first-order valence-corrected chi connectivity index (χ1v) is 12.3. The molecule has 1 unspecified atom stereocenters. The van der Waals surface area contributed by atoms with Crippen LogP contribution in [0.4, 0.5) is 5.69 Å². The second kappa shape index (κ2) is 11.8. The highest BCUT2D eigenvalue weighted by atomic mass is 31.2. The molecule has 0 aromatic heterocycles. The smallest absolute Gasteiger partial charge is 0.317 e. The van der Waals surface area contributed by atoms with E-state index in [1.807, 2.05) is 16.8 Å². The van der Waals surface area contributed by atoms with E-state index in [0.717, 1.165) is 31.7 Å². The van der Waals surface area contributed by atoms with Gasteiger partial charge in [-0.3, -0.25) is 19.2 Å². The summed E-state index contributed by atoms with van der Waals surface area (Å²) in [5.74, 6) is -0.854. The van der Waals surface area contributed by atoms with Gasteiger partial charge in [-0.25, -0.2) is 0 Å². The number of carbonyl (C=O) groups is 1. The Hall–Kier alpha value is -1.48. The van der Waals surface area contributed by atoms with Crippen molar-refractivity contribution in [1.82, 2.24) is 19.6 Å². The first kappa shape index (κ1) is 24.8. The van der Waals surface area contributed by atoms with Crippen LogP contribution in [0.15, 0.2) is 24.3 Å². The van der Waals surface area contributed by atoms with E-state index >= 15 is 0 Å². The third-order valence-corrected chi connectivity index (χ3v) is 7.08. The number of anilines is 1. The molecule has 1 aliphatic rings. The summed E-state index contributed by atoms with van der Waals surface area (Å²) in [6.45, 7) is 5.76. The molecule has 10 heteroatoms. The van der Waals surface area contributed by atoms with Gasteiger partial charge in [-0.15, -0.1) is 0 Å². The number of hydrogen-bond donors (Lipinski definition) is 3. The van der Waals surface area contributed by atoms with Crippen LogP contribution in [0.1, 0.15) is 5.56 Å². The maximum absolute atomic E-state index is 12.9. The molecule has 0 spiro atoms. The maximum Gasteiger partial charge on any atom is 0.317 e. The monoisotopic (exact) mass is 441 g/mol. The van der Waals surface area contributed by atoms with Crippen LogP contribution >= 0.6 is 7.37 Å². The van der Waals surface area contributed by atoms with E-state index in [0.29, 0.717) is 31.9 Å². The minimum Gasteiger partial charge on any atom is -0.480 e. The van der Waals surface area contributed by atoms with Gasteiger partial charge in [0.1, 0.15) is 0 Å². The molecule has 0 amide bonds. The molecule has 0 saturated carbocycles. The summed E-state index contributed by atoms with van der Waals surface area (Å²) in [4.78, 5) is 30.2. The van der Waals surface area contributed by atoms with Crippen LogP contribution in [-0.4, -0.2) is 115 Å². The maximum atomic E-state index is 12.9. The standard InChI is InChI=1S/C20H36N5O4P/c1-22-7-8-23(2)10-12-25(14-13-24(11-9-22)15-20(26)27)17-30(28,29)16-18-3-5-19(21)6-4-18/h3-6H,7-17,21H2,1-2H3,(H,26,27)(H,28,29). The average Bonchev–Trinajstić information content (AvgIpc) is 2.66. The highest BCUT2D eigenvalue weighted by Crippen LogP contribution is 2.45. The van der Waals surface area contributed by atoms with E-state index in [2.05, 4.69) is 16.8 Å². The van der Waals surface area contributed by atoms with Crippen molar-refractivity contribution in [2.24, 2.45) is 0 Å². The molecular weight excluding hydrogens is 405 g/mol. The molecule has 9 nitrogen and oxygen atoms in total. The molecule has 1 saturated heterocycles. The van der Waals surface area contributed by atoms with Crippen molar-refractivity contribution in [1.29, 1.82) is 0 Å². The lowest BCUT2D eigenvalue weighted by Crippen LogP contribution is -2.45. The lowest BCUT2D eigenvalue weighted by atomic mass is 10.2. The minimum atomic E-state index is -3.43. The number of nitrogen functional groups attached to an aromatic ring is 1. The lowest BCUT2D eigenvalue weighted by Gasteiger charge is -2.32. The van der Waals surface area contributed by atoms with Crippen LogP contribution in [0.25, 0.3) is 0 Å². The highest BCUT2D eigenvalue weighted by molar-refractivity contribution is 7.57. The topological polar surface area (TPSA) is 114 Å². The van der Waals surface area contributed by atoms with Crippen LogP contribution in [0, 0.1) is 0 Å². The first-order chi connectivity index (χ1) is 14.1. The van der Waals surface area contributed by atoms with Crippen LogP contribution < -0.4 is 5.73 Å². The molecule has 0 aliphatic carbocycles. The number of nitrogens with zero attached hydrogens (tertiary/aromatic N) is 4. The number of rotatable bonds is 6. The number of hydrogen-bond acceptors (Lipinski definition) is 7. The zero-order valence-electron chi connectivity index (χ0n) is 18.1. The summed E-state index contributed by atoms with van der Waals surface area (Å²) in [6, 6.07) is 7.05. The molecule has 1 heterocycles. The molecule has 1 fully saturated rings. The number of likely N-dealkylation sites (N-methyl/N-ethyl adjacent to an activating group) is 2. The van der Waals surface area contributed by atoms with Gasteiger partial charge in [-0.2, -0.15) is 0 Å². The van der Waals surface area contributed by atoms with E-state index in [1.165, 1.54) is 0 Å². The summed E-state index contributed by atoms with van der Waals surface area (Å²) in [7, 11) is 0.673. The van der Waals surface area contributed by atoms with E-state index in [1.54, 1.807) is 24.3 Å². The zero-order valence-corrected chi connectivity index (χ0v) is 19.0. The first-order valence-electron chi connectivity index (χ1n) is 10.3. The van der Waals surface area contributed by atoms with Crippen LogP contribution in [0.3, 0.4) is 0 Å². The summed E-state index contributed by atoms with van der Waals surface area (Å²) in [5.41, 5.74) is 7.11. The van der Waals surface area contributed by atoms with Gasteiger partial charge in [0.25, 0.3) is 0 Å². The second-order valence-corrected chi connectivity index (χ2v) is 10.6. The van der Waals surface area contributed by atoms with E-state index in [-0.39, 0.29) is 19.0 Å². The fourth-order valence-electron chi connectivity index (χ4n) is 3.46. The summed E-state index contributed by atoms with van der Waals surface area (Å²) in [6.07, 6.45) is 0.190. The van der Waals surface area contributed by atoms with Crippen molar-refractivity contribution in [3.8, 4) is 0 Å². The molecule has 30 heavy (non-hydrogen) atoms. The molecule has 1 aliphatic heterocycles. The molecule has 1 aromatic rings. The molecule has 4 N–H and O–H groups in total. The lowest BCUT2D eigenvalue weighted by molar-refractivity contribution is -0.138. The Labute approximate surface area is 179 Å². The van der Waals surface area contributed by atoms with Gasteiger partial charge in [0.05, 0.1) is 19.0 Å². The Morgan fingerprint density at radius 3 is 1.97 bits per heavy atom. The fraction of sp³-hybridized carbons (Fsp3) is 0.650. The molecule has 0 radical (unpaired) electrons. The van der Waals surface area contributed by atoms with Crippen molar-refractivity contribution in [2.75, 3.05) is 85.0 Å². The van der Waals surface area contributed by atoms with Gasteiger partial charge in [0, 0.05) is 58.0 Å². The number of nitrogens with two attached hydrogens (primary N) is 1. The summed E-state index contributed by atoms with van der Waals surface area (Å²) < 4.78 is 12.9. The Morgan fingerprint density at radius 2 is 1.40 bits per heavy atom. The fourth-order valence-corrected chi connectivity index (χ4v) is 5.25. The molecular formula is C20H36N5O4P. The van der Waals surface area contributed by atoms with Crippen molar-refractivity contribution in [3.05, 3.63) is 29.8 Å². The largest absolute Gasteiger partial charge is 0.480 e. The van der Waals surface area contributed by atoms with Crippen LogP contribution in [0.5, 0.6) is 0 Å². The van der Waals surface area contributed by atoms with E-state index in [4.69, 9.17) is 5.73 Å². The number of carboxylic acid groups (broad SMARTS) is 1. The van der Waals surface area contributed by atoms with E-state index < -0.39 is 13.3 Å². The Kier molecular flexibility index (Phi) is 9.74. The molecule has 170 valence electrons. The van der Waals surface area contributed by atoms with Gasteiger partial charge in [-0.05, 0) is 31.8 Å². The second-order valence-electron chi connectivity index (χ2n) is 8.28. The van der Waals surface area contributed by atoms with Crippen LogP contribution in [0.2, 0.25) is 0 Å². The van der Waals surface area contributed by atoms with Crippen LogP contribution in [-0.2, 0) is 15.5 Å². The normalized spacial score (nSPS) is 21.4. The third kappa shape index (κ3) is 9.55. The molecule has 1 atom stereocenters. The van der Waals surface area contributed by atoms with Crippen molar-refractivity contribution >= 4 is 19.0 Å². The average molecular weight is 442 g/mol. The molecule has 1 aromatic carbocycles. The van der Waals surface area contributed by atoms with Crippen molar-refractivity contribution in [2.45, 2.75) is 6.16 Å². The van der Waals surface area contributed by atoms with E-state index in [9.17, 15) is 19.4 Å². The van der Waals surface area contributed by atoms with Crippen molar-refractivity contribution < 1.29 is 19.4 Å². The Balaban J connectivity index is 2.04. The predicted molar refractivity (Wildman–Crippen MR) is 120 cm³/mol. The zero-order chi connectivity index (χ0) is 22.1. The van der Waals surface area contributed by atoms with Gasteiger partial charge in [0.2, 0.25) is 7.37 Å². The quantitative estimate of drug-likeness (QED) is 0.430. The number of aliphatic carboxylic acids is 1. The van der Waals surface area contributed by atoms with Gasteiger partial charge in [0.15, 0.2) is 0 Å². The number of carboxylic acids is 1. The van der Waals surface area contributed by atoms with Crippen molar-refractivity contribution in [3.63, 3.8) is 0 Å². The number of benzene rings is 1. The predicted octanol–water partition coefficient (Wildman–Crippen LogP) is 0.563. The Bertz CT molecular complexity index is 718. The van der Waals surface area contributed by atoms with Gasteiger partial charge >= 0.3 is 5.97 Å². The summed E-state index contributed by atoms with van der Waals surface area (Å²) in [5, 5.41) is 9.22. The SMILES string of the molecule is CN1CCN(C)CCN(CP(=O)(O)Cc2ccc(N)cc2)CCN(CC(=O)O)CC1. The minimum absolute atomic E-state index is 0.0240. The highest BCUT2D eigenvalue weighted by Gasteiger charge is 2.24.